The van der Waals surface area contributed by atoms with Crippen LogP contribution in [0.3, 0.4) is 0 Å². The van der Waals surface area contributed by atoms with Crippen molar-refractivity contribution in [2.45, 2.75) is 31.5 Å². The van der Waals surface area contributed by atoms with Gasteiger partial charge >= 0.3 is 0 Å². The summed E-state index contributed by atoms with van der Waals surface area (Å²) in [6.07, 6.45) is 4.65. The molecule has 1 saturated heterocycles. The summed E-state index contributed by atoms with van der Waals surface area (Å²) < 4.78 is 10.6. The Balaban J connectivity index is 1.30. The van der Waals surface area contributed by atoms with E-state index in [1.54, 1.807) is 18.6 Å². The minimum absolute atomic E-state index is 0.201. The Kier molecular flexibility index (Phi) is 3.86. The summed E-state index contributed by atoms with van der Waals surface area (Å²) in [7, 11) is 0. The molecule has 2 aromatic heterocycles. The Morgan fingerprint density at radius 3 is 2.79 bits per heavy atom. The molecule has 126 valence electrons. The average molecular weight is 329 g/mol. The van der Waals surface area contributed by atoms with E-state index in [2.05, 4.69) is 15.4 Å². The van der Waals surface area contributed by atoms with Crippen LogP contribution >= 0.6 is 0 Å². The second-order valence-electron chi connectivity index (χ2n) is 6.29. The first-order chi connectivity index (χ1) is 11.7. The fraction of sp³-hybridized carbons (Fsp3) is 0.412. The first-order valence-corrected chi connectivity index (χ1v) is 8.03. The van der Waals surface area contributed by atoms with Crippen molar-refractivity contribution in [3.63, 3.8) is 0 Å². The van der Waals surface area contributed by atoms with Gasteiger partial charge in [-0.1, -0.05) is 5.16 Å². The molecule has 2 aliphatic rings. The standard InChI is InChI=1S/C17H19N3O4/c21-16(18-10-13-3-1-7-22-13)15-9-17(24-19-15)5-6-20(12-17)11-14-4-2-8-23-14/h1-4,7-8H,5-6,9-12H2,(H,18,21). The van der Waals surface area contributed by atoms with E-state index in [1.165, 1.54) is 0 Å². The molecule has 1 spiro atoms. The predicted octanol–water partition coefficient (Wildman–Crippen LogP) is 1.91. The van der Waals surface area contributed by atoms with Crippen molar-refractivity contribution in [1.29, 1.82) is 0 Å². The van der Waals surface area contributed by atoms with Crippen LogP contribution in [0, 0.1) is 0 Å². The molecule has 2 aliphatic heterocycles. The predicted molar refractivity (Wildman–Crippen MR) is 85.0 cm³/mol. The highest BCUT2D eigenvalue weighted by Gasteiger charge is 2.46. The Morgan fingerprint density at radius 2 is 2.04 bits per heavy atom. The van der Waals surface area contributed by atoms with Crippen molar-refractivity contribution >= 4 is 11.6 Å². The topological polar surface area (TPSA) is 80.2 Å². The largest absolute Gasteiger partial charge is 0.468 e. The van der Waals surface area contributed by atoms with Crippen LogP contribution in [-0.4, -0.2) is 35.2 Å². The highest BCUT2D eigenvalue weighted by atomic mass is 16.7. The molecule has 1 N–H and O–H groups in total. The van der Waals surface area contributed by atoms with Gasteiger partial charge in [0.2, 0.25) is 0 Å². The molecule has 0 radical (unpaired) electrons. The monoisotopic (exact) mass is 329 g/mol. The maximum atomic E-state index is 12.2. The van der Waals surface area contributed by atoms with E-state index in [0.717, 1.165) is 31.8 Å². The molecule has 1 fully saturated rings. The van der Waals surface area contributed by atoms with Gasteiger partial charge in [0.15, 0.2) is 5.60 Å². The van der Waals surface area contributed by atoms with Crippen LogP contribution in [0.5, 0.6) is 0 Å². The quantitative estimate of drug-likeness (QED) is 0.906. The lowest BCUT2D eigenvalue weighted by Gasteiger charge is -2.21. The van der Waals surface area contributed by atoms with Crippen molar-refractivity contribution in [1.82, 2.24) is 10.2 Å². The van der Waals surface area contributed by atoms with Crippen molar-refractivity contribution in [3.8, 4) is 0 Å². The maximum absolute atomic E-state index is 12.2. The Hall–Kier alpha value is -2.54. The summed E-state index contributed by atoms with van der Waals surface area (Å²) in [4.78, 5) is 20.1. The first-order valence-electron chi connectivity index (χ1n) is 8.03. The van der Waals surface area contributed by atoms with Gasteiger partial charge in [-0.3, -0.25) is 9.69 Å². The van der Waals surface area contributed by atoms with Crippen LogP contribution in [0.25, 0.3) is 0 Å². The molecule has 4 rings (SSSR count). The SMILES string of the molecule is O=C(NCc1ccco1)C1=NOC2(CCN(Cc3ccco3)C2)C1. The van der Waals surface area contributed by atoms with E-state index in [-0.39, 0.29) is 11.5 Å². The van der Waals surface area contributed by atoms with Crippen LogP contribution < -0.4 is 5.32 Å². The molecule has 7 heteroatoms. The third kappa shape index (κ3) is 3.07. The first kappa shape index (κ1) is 15.0. The van der Waals surface area contributed by atoms with Crippen molar-refractivity contribution in [2.24, 2.45) is 5.16 Å². The summed E-state index contributed by atoms with van der Waals surface area (Å²) in [5, 5.41) is 6.84. The van der Waals surface area contributed by atoms with Crippen LogP contribution in [-0.2, 0) is 22.7 Å². The van der Waals surface area contributed by atoms with Crippen LogP contribution in [0.2, 0.25) is 0 Å². The summed E-state index contributed by atoms with van der Waals surface area (Å²) in [6, 6.07) is 7.46. The third-order valence-corrected chi connectivity index (χ3v) is 4.46. The normalized spacial score (nSPS) is 23.4. The number of amides is 1. The minimum Gasteiger partial charge on any atom is -0.468 e. The number of hydrogen-bond donors (Lipinski definition) is 1. The highest BCUT2D eigenvalue weighted by Crippen LogP contribution is 2.34. The van der Waals surface area contributed by atoms with E-state index in [0.29, 0.717) is 24.4 Å². The lowest BCUT2D eigenvalue weighted by atomic mass is 9.96. The zero-order valence-corrected chi connectivity index (χ0v) is 13.2. The second kappa shape index (κ2) is 6.16. The van der Waals surface area contributed by atoms with Gasteiger partial charge in [0, 0.05) is 25.9 Å². The zero-order valence-electron chi connectivity index (χ0n) is 13.2. The maximum Gasteiger partial charge on any atom is 0.269 e. The molecule has 0 aliphatic carbocycles. The molecule has 0 bridgehead atoms. The number of hydrogen-bond acceptors (Lipinski definition) is 6. The average Bonchev–Trinajstić information content (AvgIpc) is 3.35. The molecule has 0 saturated carbocycles. The summed E-state index contributed by atoms with van der Waals surface area (Å²) in [6.45, 7) is 2.74. The number of nitrogens with zero attached hydrogens (tertiary/aromatic N) is 2. The number of furan rings is 2. The number of rotatable bonds is 5. The zero-order chi connectivity index (χ0) is 16.4. The van der Waals surface area contributed by atoms with Crippen LogP contribution in [0.15, 0.2) is 50.8 Å². The van der Waals surface area contributed by atoms with Gasteiger partial charge in [-0.2, -0.15) is 0 Å². The van der Waals surface area contributed by atoms with Gasteiger partial charge in [-0.15, -0.1) is 0 Å². The van der Waals surface area contributed by atoms with Crippen LogP contribution in [0.1, 0.15) is 24.4 Å². The molecule has 24 heavy (non-hydrogen) atoms. The van der Waals surface area contributed by atoms with E-state index in [4.69, 9.17) is 13.7 Å². The van der Waals surface area contributed by atoms with E-state index < -0.39 is 0 Å². The van der Waals surface area contributed by atoms with E-state index in [9.17, 15) is 4.79 Å². The number of carbonyl (C=O) groups excluding carboxylic acids is 1. The van der Waals surface area contributed by atoms with E-state index >= 15 is 0 Å². The summed E-state index contributed by atoms with van der Waals surface area (Å²) >= 11 is 0. The number of likely N-dealkylation sites (tertiary alicyclic amines) is 1. The van der Waals surface area contributed by atoms with Crippen molar-refractivity contribution in [2.75, 3.05) is 13.1 Å². The van der Waals surface area contributed by atoms with Gasteiger partial charge in [0.1, 0.15) is 17.2 Å². The van der Waals surface area contributed by atoms with Gasteiger partial charge in [0.25, 0.3) is 5.91 Å². The minimum atomic E-state index is -0.385. The smallest absolute Gasteiger partial charge is 0.269 e. The molecular weight excluding hydrogens is 310 g/mol. The van der Waals surface area contributed by atoms with Crippen molar-refractivity contribution < 1.29 is 18.5 Å². The third-order valence-electron chi connectivity index (χ3n) is 4.46. The van der Waals surface area contributed by atoms with Crippen LogP contribution in [0.4, 0.5) is 0 Å². The molecule has 1 atom stereocenters. The summed E-state index contributed by atoms with van der Waals surface area (Å²) in [5.74, 6) is 1.44. The fourth-order valence-electron chi connectivity index (χ4n) is 3.23. The Labute approximate surface area is 139 Å². The molecule has 1 amide bonds. The number of nitrogens with one attached hydrogen (secondary N) is 1. The molecular formula is C17H19N3O4. The number of oxime groups is 1. The van der Waals surface area contributed by atoms with Crippen molar-refractivity contribution in [3.05, 3.63) is 48.3 Å². The lowest BCUT2D eigenvalue weighted by molar-refractivity contribution is -0.115. The molecule has 1 unspecified atom stereocenters. The Morgan fingerprint density at radius 1 is 1.25 bits per heavy atom. The van der Waals surface area contributed by atoms with Gasteiger partial charge in [0.05, 0.1) is 25.6 Å². The van der Waals surface area contributed by atoms with Gasteiger partial charge in [-0.05, 0) is 24.3 Å². The number of carbonyl (C=O) groups is 1. The lowest BCUT2D eigenvalue weighted by Crippen LogP contribution is -2.36. The van der Waals surface area contributed by atoms with Gasteiger partial charge < -0.3 is 19.0 Å². The molecule has 4 heterocycles. The molecule has 7 nitrogen and oxygen atoms in total. The molecule has 0 aromatic carbocycles. The Bertz CT molecular complexity index is 723. The van der Waals surface area contributed by atoms with E-state index in [1.807, 2.05) is 18.2 Å². The highest BCUT2D eigenvalue weighted by molar-refractivity contribution is 6.39. The van der Waals surface area contributed by atoms with Gasteiger partial charge in [-0.25, -0.2) is 0 Å². The second-order valence-corrected chi connectivity index (χ2v) is 6.29. The summed E-state index contributed by atoms with van der Waals surface area (Å²) in [5.41, 5.74) is 0.0608. The molecule has 2 aromatic rings. The fourth-order valence-corrected chi connectivity index (χ4v) is 3.23.